The van der Waals surface area contributed by atoms with Crippen molar-refractivity contribution in [1.29, 1.82) is 0 Å². The standard InChI is InChI=1S/C17H26N2O2/c20-16(14-6-2-1-3-7-14)18-10-12-19(13-11-18)17(21)15-8-4-5-9-15/h8,14H,1-7,9-13H2. The van der Waals surface area contributed by atoms with Gasteiger partial charge in [0.2, 0.25) is 11.8 Å². The van der Waals surface area contributed by atoms with Gasteiger partial charge in [0.15, 0.2) is 0 Å². The molecule has 0 spiro atoms. The number of hydrogen-bond acceptors (Lipinski definition) is 2. The number of nitrogens with zero attached hydrogens (tertiary/aromatic N) is 2. The van der Waals surface area contributed by atoms with Gasteiger partial charge in [-0.3, -0.25) is 9.59 Å². The van der Waals surface area contributed by atoms with Gasteiger partial charge in [-0.25, -0.2) is 0 Å². The molecule has 3 rings (SSSR count). The molecule has 0 N–H and O–H groups in total. The zero-order valence-corrected chi connectivity index (χ0v) is 12.9. The average Bonchev–Trinajstić information content (AvgIpc) is 3.09. The number of carbonyl (C=O) groups is 2. The lowest BCUT2D eigenvalue weighted by molar-refractivity contribution is -0.141. The summed E-state index contributed by atoms with van der Waals surface area (Å²) >= 11 is 0. The van der Waals surface area contributed by atoms with Crippen LogP contribution in [0.15, 0.2) is 11.6 Å². The Labute approximate surface area is 127 Å². The van der Waals surface area contributed by atoms with Gasteiger partial charge in [0.25, 0.3) is 0 Å². The van der Waals surface area contributed by atoms with Gasteiger partial charge in [0.05, 0.1) is 0 Å². The number of allylic oxidation sites excluding steroid dienone is 1. The van der Waals surface area contributed by atoms with Crippen LogP contribution in [0.5, 0.6) is 0 Å². The number of carbonyl (C=O) groups excluding carboxylic acids is 2. The fraction of sp³-hybridized carbons (Fsp3) is 0.765. The summed E-state index contributed by atoms with van der Waals surface area (Å²) in [6.07, 6.45) is 11.0. The van der Waals surface area contributed by atoms with Crippen LogP contribution in [0.3, 0.4) is 0 Å². The second-order valence-electron chi connectivity index (χ2n) is 6.57. The van der Waals surface area contributed by atoms with Gasteiger partial charge in [-0.2, -0.15) is 0 Å². The Morgan fingerprint density at radius 2 is 1.57 bits per heavy atom. The molecule has 0 aromatic rings. The second-order valence-corrected chi connectivity index (χ2v) is 6.57. The van der Waals surface area contributed by atoms with Gasteiger partial charge in [-0.15, -0.1) is 0 Å². The highest BCUT2D eigenvalue weighted by Gasteiger charge is 2.30. The molecule has 1 saturated carbocycles. The molecule has 3 aliphatic rings. The molecule has 2 fully saturated rings. The fourth-order valence-corrected chi connectivity index (χ4v) is 3.81. The van der Waals surface area contributed by atoms with Crippen molar-refractivity contribution in [3.63, 3.8) is 0 Å². The Kier molecular flexibility index (Phi) is 4.61. The third-order valence-electron chi connectivity index (χ3n) is 5.15. The summed E-state index contributed by atoms with van der Waals surface area (Å²) in [5.74, 6) is 0.790. The van der Waals surface area contributed by atoms with Gasteiger partial charge >= 0.3 is 0 Å². The van der Waals surface area contributed by atoms with Crippen molar-refractivity contribution in [2.75, 3.05) is 26.2 Å². The van der Waals surface area contributed by atoms with E-state index in [1.807, 2.05) is 9.80 Å². The van der Waals surface area contributed by atoms with Gasteiger partial charge in [-0.1, -0.05) is 25.3 Å². The Morgan fingerprint density at radius 1 is 0.905 bits per heavy atom. The largest absolute Gasteiger partial charge is 0.339 e. The molecule has 0 bridgehead atoms. The van der Waals surface area contributed by atoms with E-state index in [4.69, 9.17) is 0 Å². The third kappa shape index (κ3) is 3.30. The Morgan fingerprint density at radius 3 is 2.19 bits per heavy atom. The number of rotatable bonds is 2. The minimum atomic E-state index is 0.206. The quantitative estimate of drug-likeness (QED) is 0.783. The summed E-state index contributed by atoms with van der Waals surface area (Å²) in [6.45, 7) is 2.84. The monoisotopic (exact) mass is 290 g/mol. The minimum Gasteiger partial charge on any atom is -0.339 e. The summed E-state index contributed by atoms with van der Waals surface area (Å²) in [7, 11) is 0. The maximum absolute atomic E-state index is 12.5. The number of amides is 2. The molecule has 1 aliphatic heterocycles. The first-order chi connectivity index (χ1) is 10.3. The first-order valence-corrected chi connectivity index (χ1v) is 8.53. The molecule has 21 heavy (non-hydrogen) atoms. The predicted molar refractivity (Wildman–Crippen MR) is 81.7 cm³/mol. The highest BCUT2D eigenvalue weighted by atomic mass is 16.2. The van der Waals surface area contributed by atoms with Crippen LogP contribution in [-0.2, 0) is 9.59 Å². The van der Waals surface area contributed by atoms with Crippen molar-refractivity contribution in [2.45, 2.75) is 51.4 Å². The molecule has 0 atom stereocenters. The summed E-state index contributed by atoms with van der Waals surface area (Å²) in [5.41, 5.74) is 0.988. The predicted octanol–water partition coefficient (Wildman–Crippen LogP) is 2.35. The first kappa shape index (κ1) is 14.6. The molecule has 0 aromatic carbocycles. The molecule has 0 aromatic heterocycles. The van der Waals surface area contributed by atoms with E-state index < -0.39 is 0 Å². The van der Waals surface area contributed by atoms with Gasteiger partial charge < -0.3 is 9.80 Å². The van der Waals surface area contributed by atoms with E-state index in [0.29, 0.717) is 32.1 Å². The van der Waals surface area contributed by atoms with Crippen molar-refractivity contribution < 1.29 is 9.59 Å². The molecule has 1 heterocycles. The van der Waals surface area contributed by atoms with E-state index in [2.05, 4.69) is 6.08 Å². The van der Waals surface area contributed by atoms with Crippen LogP contribution in [-0.4, -0.2) is 47.8 Å². The van der Waals surface area contributed by atoms with Crippen molar-refractivity contribution in [3.8, 4) is 0 Å². The van der Waals surface area contributed by atoms with Crippen LogP contribution in [0, 0.1) is 5.92 Å². The Balaban J connectivity index is 1.50. The summed E-state index contributed by atoms with van der Waals surface area (Å²) in [5, 5.41) is 0. The van der Waals surface area contributed by atoms with E-state index in [1.54, 1.807) is 0 Å². The lowest BCUT2D eigenvalue weighted by Crippen LogP contribution is -2.52. The second kappa shape index (κ2) is 6.63. The van der Waals surface area contributed by atoms with Crippen LogP contribution >= 0.6 is 0 Å². The fourth-order valence-electron chi connectivity index (χ4n) is 3.81. The molecular formula is C17H26N2O2. The zero-order chi connectivity index (χ0) is 14.7. The average molecular weight is 290 g/mol. The van der Waals surface area contributed by atoms with Gasteiger partial charge in [0, 0.05) is 37.7 Å². The first-order valence-electron chi connectivity index (χ1n) is 8.53. The highest BCUT2D eigenvalue weighted by Crippen LogP contribution is 2.26. The SMILES string of the molecule is O=C(C1=CCCC1)N1CCN(C(=O)C2CCCCC2)CC1. The van der Waals surface area contributed by atoms with E-state index in [-0.39, 0.29) is 11.8 Å². The van der Waals surface area contributed by atoms with E-state index in [1.165, 1.54) is 19.3 Å². The van der Waals surface area contributed by atoms with Crippen LogP contribution in [0.2, 0.25) is 0 Å². The van der Waals surface area contributed by atoms with Crippen molar-refractivity contribution >= 4 is 11.8 Å². The maximum atomic E-state index is 12.5. The third-order valence-corrected chi connectivity index (χ3v) is 5.15. The van der Waals surface area contributed by atoms with E-state index >= 15 is 0 Å². The smallest absolute Gasteiger partial charge is 0.249 e. The van der Waals surface area contributed by atoms with Gasteiger partial charge in [-0.05, 0) is 32.1 Å². The summed E-state index contributed by atoms with van der Waals surface area (Å²) in [6, 6.07) is 0. The Hall–Kier alpha value is -1.32. The lowest BCUT2D eigenvalue weighted by Gasteiger charge is -2.37. The van der Waals surface area contributed by atoms with Gasteiger partial charge in [0.1, 0.15) is 0 Å². The maximum Gasteiger partial charge on any atom is 0.249 e. The van der Waals surface area contributed by atoms with Crippen LogP contribution in [0.1, 0.15) is 51.4 Å². The molecule has 0 unspecified atom stereocenters. The molecule has 4 heteroatoms. The molecular weight excluding hydrogens is 264 g/mol. The van der Waals surface area contributed by atoms with Crippen LogP contribution in [0.25, 0.3) is 0 Å². The normalized spacial score (nSPS) is 24.1. The van der Waals surface area contributed by atoms with E-state index in [0.717, 1.165) is 37.7 Å². The summed E-state index contributed by atoms with van der Waals surface area (Å²) in [4.78, 5) is 28.8. The molecule has 2 aliphatic carbocycles. The number of hydrogen-bond donors (Lipinski definition) is 0. The highest BCUT2D eigenvalue weighted by molar-refractivity contribution is 5.94. The van der Waals surface area contributed by atoms with E-state index in [9.17, 15) is 9.59 Å². The molecule has 2 amide bonds. The molecule has 0 radical (unpaired) electrons. The van der Waals surface area contributed by atoms with Crippen molar-refractivity contribution in [2.24, 2.45) is 5.92 Å². The van der Waals surface area contributed by atoms with Crippen LogP contribution < -0.4 is 0 Å². The molecule has 116 valence electrons. The molecule has 1 saturated heterocycles. The zero-order valence-electron chi connectivity index (χ0n) is 12.9. The van der Waals surface area contributed by atoms with Crippen molar-refractivity contribution in [1.82, 2.24) is 9.80 Å². The minimum absolute atomic E-state index is 0.206. The lowest BCUT2D eigenvalue weighted by atomic mass is 9.88. The number of piperazine rings is 1. The van der Waals surface area contributed by atoms with Crippen LogP contribution in [0.4, 0.5) is 0 Å². The molecule has 4 nitrogen and oxygen atoms in total. The summed E-state index contributed by atoms with van der Waals surface area (Å²) < 4.78 is 0. The Bertz CT molecular complexity index is 430. The topological polar surface area (TPSA) is 40.6 Å². The van der Waals surface area contributed by atoms with Crippen molar-refractivity contribution in [3.05, 3.63) is 11.6 Å².